The maximum absolute atomic E-state index is 10.0. The summed E-state index contributed by atoms with van der Waals surface area (Å²) in [5.41, 5.74) is 4.11. The zero-order chi connectivity index (χ0) is 20.7. The third kappa shape index (κ3) is 4.75. The van der Waals surface area contributed by atoms with Crippen LogP contribution in [0.4, 0.5) is 28.6 Å². The first-order chi connectivity index (χ1) is 13.5. The van der Waals surface area contributed by atoms with Crippen LogP contribution in [0.5, 0.6) is 5.88 Å². The number of aliphatic hydroxyl groups is 1. The van der Waals surface area contributed by atoms with Crippen LogP contribution in [0.25, 0.3) is 0 Å². The molecule has 154 valence electrons. The number of benzene rings is 1. The van der Waals surface area contributed by atoms with E-state index in [-0.39, 0.29) is 12.7 Å². The molecule has 0 amide bonds. The summed E-state index contributed by atoms with van der Waals surface area (Å²) in [6.45, 7) is 5.73. The fourth-order valence-corrected chi connectivity index (χ4v) is 2.96. The van der Waals surface area contributed by atoms with Crippen molar-refractivity contribution in [3.63, 3.8) is 0 Å². The monoisotopic (exact) mass is 388 g/mol. The minimum absolute atomic E-state index is 0.0445. The average molecular weight is 389 g/mol. The van der Waals surface area contributed by atoms with Crippen LogP contribution in [0, 0.1) is 6.92 Å². The summed E-state index contributed by atoms with van der Waals surface area (Å²) in [6.07, 6.45) is 1.78. The minimum atomic E-state index is -0.226. The van der Waals surface area contributed by atoms with Crippen molar-refractivity contribution in [2.45, 2.75) is 46.3 Å². The van der Waals surface area contributed by atoms with Gasteiger partial charge in [-0.3, -0.25) is 0 Å². The maximum Gasteiger partial charge on any atom is 0.224 e. The van der Waals surface area contributed by atoms with Crippen LogP contribution in [-0.2, 0) is 6.61 Å². The summed E-state index contributed by atoms with van der Waals surface area (Å²) in [5, 5.41) is 22.9. The van der Waals surface area contributed by atoms with Crippen molar-refractivity contribution in [1.82, 2.24) is 9.97 Å². The molecule has 8 heteroatoms. The van der Waals surface area contributed by atoms with Gasteiger partial charge in [0.25, 0.3) is 0 Å². The van der Waals surface area contributed by atoms with E-state index in [1.807, 2.05) is 40.2 Å². The molecule has 1 aromatic carbocycles. The number of aryl methyl sites for hydroxylation is 1. The van der Waals surface area contributed by atoms with Crippen LogP contribution in [0.15, 0.2) is 12.1 Å². The normalized spacial score (nSPS) is 10.7. The molecule has 0 aliphatic rings. The molecule has 2 rings (SSSR count). The quantitative estimate of drug-likeness (QED) is 0.420. The maximum atomic E-state index is 10.0. The average Bonchev–Trinajstić information content (AvgIpc) is 2.71. The van der Waals surface area contributed by atoms with E-state index in [0.29, 0.717) is 23.1 Å². The fourth-order valence-electron chi connectivity index (χ4n) is 2.96. The van der Waals surface area contributed by atoms with Gasteiger partial charge in [-0.25, -0.2) is 4.98 Å². The van der Waals surface area contributed by atoms with E-state index in [9.17, 15) is 5.11 Å². The molecular weight excluding hydrogens is 356 g/mol. The Morgan fingerprint density at radius 1 is 1.00 bits per heavy atom. The second-order valence-electron chi connectivity index (χ2n) is 6.44. The molecule has 0 aliphatic heterocycles. The van der Waals surface area contributed by atoms with E-state index < -0.39 is 0 Å². The largest absolute Gasteiger partial charge is 0.474 e. The second-order valence-corrected chi connectivity index (χ2v) is 6.44. The Balaban J connectivity index is 2.53. The Labute approximate surface area is 167 Å². The SMILES string of the molecule is CCC(CC)Oc1nc(C)nc(Nc2c(NC)cc(NC)cc2NC)c1CO. The third-order valence-corrected chi connectivity index (χ3v) is 4.64. The van der Waals surface area contributed by atoms with Crippen molar-refractivity contribution < 1.29 is 9.84 Å². The topological polar surface area (TPSA) is 103 Å². The summed E-state index contributed by atoms with van der Waals surface area (Å²) in [4.78, 5) is 8.94. The molecule has 1 aromatic heterocycles. The second kappa shape index (κ2) is 9.98. The number of nitrogens with one attached hydrogen (secondary N) is 4. The zero-order valence-corrected chi connectivity index (χ0v) is 17.6. The molecule has 0 spiro atoms. The van der Waals surface area contributed by atoms with Crippen molar-refractivity contribution in [3.05, 3.63) is 23.5 Å². The zero-order valence-electron chi connectivity index (χ0n) is 17.6. The van der Waals surface area contributed by atoms with E-state index in [1.165, 1.54) is 0 Å². The van der Waals surface area contributed by atoms with Gasteiger partial charge in [-0.05, 0) is 31.9 Å². The lowest BCUT2D eigenvalue weighted by molar-refractivity contribution is 0.176. The summed E-state index contributed by atoms with van der Waals surface area (Å²) in [7, 11) is 5.60. The van der Waals surface area contributed by atoms with Gasteiger partial charge in [0.2, 0.25) is 5.88 Å². The van der Waals surface area contributed by atoms with Gasteiger partial charge in [-0.2, -0.15) is 4.98 Å². The van der Waals surface area contributed by atoms with Crippen LogP contribution in [0.1, 0.15) is 38.1 Å². The molecule has 0 saturated heterocycles. The minimum Gasteiger partial charge on any atom is -0.474 e. The van der Waals surface area contributed by atoms with E-state index in [2.05, 4.69) is 45.1 Å². The van der Waals surface area contributed by atoms with Crippen molar-refractivity contribution in [1.29, 1.82) is 0 Å². The first-order valence-electron chi connectivity index (χ1n) is 9.64. The van der Waals surface area contributed by atoms with Gasteiger partial charge in [-0.1, -0.05) is 13.8 Å². The first kappa shape index (κ1) is 21.6. The smallest absolute Gasteiger partial charge is 0.224 e. The van der Waals surface area contributed by atoms with Gasteiger partial charge in [0.1, 0.15) is 11.6 Å². The number of nitrogens with zero attached hydrogens (tertiary/aromatic N) is 2. The molecule has 28 heavy (non-hydrogen) atoms. The lowest BCUT2D eigenvalue weighted by Gasteiger charge is -2.21. The Kier molecular flexibility index (Phi) is 7.69. The fraction of sp³-hybridized carbons (Fsp3) is 0.500. The molecule has 5 N–H and O–H groups in total. The Morgan fingerprint density at radius 2 is 1.61 bits per heavy atom. The number of hydrogen-bond donors (Lipinski definition) is 5. The molecule has 0 fully saturated rings. The van der Waals surface area contributed by atoms with Crippen molar-refractivity contribution in [2.24, 2.45) is 0 Å². The van der Waals surface area contributed by atoms with E-state index in [1.54, 1.807) is 0 Å². The summed E-state index contributed by atoms with van der Waals surface area (Å²) < 4.78 is 6.05. The molecule has 0 saturated carbocycles. The molecule has 8 nitrogen and oxygen atoms in total. The van der Waals surface area contributed by atoms with Crippen molar-refractivity contribution in [2.75, 3.05) is 42.4 Å². The predicted octanol–water partition coefficient (Wildman–Crippen LogP) is 3.71. The van der Waals surface area contributed by atoms with Crippen LogP contribution < -0.4 is 26.0 Å². The number of aromatic nitrogens is 2. The molecule has 0 unspecified atom stereocenters. The predicted molar refractivity (Wildman–Crippen MR) is 116 cm³/mol. The van der Waals surface area contributed by atoms with Gasteiger partial charge >= 0.3 is 0 Å². The molecular formula is C20H32N6O2. The molecule has 1 heterocycles. The third-order valence-electron chi connectivity index (χ3n) is 4.64. The Morgan fingerprint density at radius 3 is 2.07 bits per heavy atom. The Hall–Kier alpha value is -2.74. The van der Waals surface area contributed by atoms with Crippen LogP contribution in [0.2, 0.25) is 0 Å². The van der Waals surface area contributed by atoms with Crippen LogP contribution in [-0.4, -0.2) is 42.3 Å². The Bertz CT molecular complexity index is 768. The van der Waals surface area contributed by atoms with Gasteiger partial charge < -0.3 is 31.1 Å². The number of rotatable bonds is 10. The van der Waals surface area contributed by atoms with E-state index in [4.69, 9.17) is 4.74 Å². The lowest BCUT2D eigenvalue weighted by Crippen LogP contribution is -2.17. The highest BCUT2D eigenvalue weighted by Gasteiger charge is 2.19. The number of hydrogen-bond acceptors (Lipinski definition) is 8. The molecule has 0 radical (unpaired) electrons. The highest BCUT2D eigenvalue weighted by Crippen LogP contribution is 2.38. The lowest BCUT2D eigenvalue weighted by atomic mass is 10.1. The highest BCUT2D eigenvalue weighted by molar-refractivity contribution is 5.89. The van der Waals surface area contributed by atoms with E-state index in [0.717, 1.165) is 35.6 Å². The van der Waals surface area contributed by atoms with Crippen LogP contribution >= 0.6 is 0 Å². The van der Waals surface area contributed by atoms with Gasteiger partial charge in [-0.15, -0.1) is 0 Å². The summed E-state index contributed by atoms with van der Waals surface area (Å²) >= 11 is 0. The summed E-state index contributed by atoms with van der Waals surface area (Å²) in [6, 6.07) is 3.99. The number of anilines is 5. The van der Waals surface area contributed by atoms with Crippen molar-refractivity contribution in [3.8, 4) is 5.88 Å². The number of ether oxygens (including phenoxy) is 1. The van der Waals surface area contributed by atoms with Gasteiger partial charge in [0.15, 0.2) is 0 Å². The standard InChI is InChI=1S/C20H32N6O2/c1-7-14(8-2)28-20-15(11-27)19(24-12(3)25-20)26-18-16(22-5)9-13(21-4)10-17(18)23-6/h9-10,14,21-23,27H,7-8,11H2,1-6H3,(H,24,25,26). The van der Waals surface area contributed by atoms with Crippen molar-refractivity contribution >= 4 is 28.6 Å². The molecule has 2 aromatic rings. The molecule has 0 aliphatic carbocycles. The molecule has 0 atom stereocenters. The van der Waals surface area contributed by atoms with Gasteiger partial charge in [0, 0.05) is 26.8 Å². The van der Waals surface area contributed by atoms with Crippen LogP contribution in [0.3, 0.4) is 0 Å². The summed E-state index contributed by atoms with van der Waals surface area (Å²) in [5.74, 6) is 1.53. The van der Waals surface area contributed by atoms with Gasteiger partial charge in [0.05, 0.1) is 35.3 Å². The number of aliphatic hydroxyl groups excluding tert-OH is 1. The molecule has 0 bridgehead atoms. The highest BCUT2D eigenvalue weighted by atomic mass is 16.5. The first-order valence-corrected chi connectivity index (χ1v) is 9.64. The van der Waals surface area contributed by atoms with E-state index >= 15 is 0 Å².